The summed E-state index contributed by atoms with van der Waals surface area (Å²) < 4.78 is 5.34. The van der Waals surface area contributed by atoms with Crippen molar-refractivity contribution < 1.29 is 14.6 Å². The number of amidine groups is 1. The highest BCUT2D eigenvalue weighted by molar-refractivity contribution is 6.32. The van der Waals surface area contributed by atoms with Crippen LogP contribution in [0.25, 0.3) is 5.76 Å². The summed E-state index contributed by atoms with van der Waals surface area (Å²) in [6.07, 6.45) is 1.79. The number of hydrogen-bond donors (Lipinski definition) is 2. The molecule has 5 rings (SSSR count). The van der Waals surface area contributed by atoms with Gasteiger partial charge in [-0.2, -0.15) is 0 Å². The summed E-state index contributed by atoms with van der Waals surface area (Å²) in [5.74, 6) is 0.261. The predicted octanol–water partition coefficient (Wildman–Crippen LogP) is 7.21. The summed E-state index contributed by atoms with van der Waals surface area (Å²) in [6.45, 7) is 1.93. The lowest BCUT2D eigenvalue weighted by Gasteiger charge is -2.42. The minimum Gasteiger partial charge on any atom is -0.507 e. The Balaban J connectivity index is 1.81. The van der Waals surface area contributed by atoms with E-state index in [2.05, 4.69) is 0 Å². The standard InChI is InChI=1S/C30H27ClN2O3/c1-18-11-14-21(17-23(18)31)33-24-9-6-10-25(34)27(24)26(19-12-15-22(36-2)16-13-19)28(30(33)32)29(35)20-7-4-3-5-8-20/h3-5,7-8,11-17,26,32,35H,6,9-10H2,1-2H3/b29-28+,32-30?/t26-/m1/s1. The molecule has 5 nitrogen and oxygen atoms in total. The molecule has 0 unspecified atom stereocenters. The highest BCUT2D eigenvalue weighted by Crippen LogP contribution is 2.48. The number of aliphatic hydroxyl groups is 1. The maximum Gasteiger partial charge on any atom is 0.161 e. The number of aryl methyl sites for hydroxylation is 1. The Kier molecular flexibility index (Phi) is 6.42. The summed E-state index contributed by atoms with van der Waals surface area (Å²) >= 11 is 6.48. The van der Waals surface area contributed by atoms with Crippen LogP contribution in [0.1, 0.15) is 41.9 Å². The van der Waals surface area contributed by atoms with E-state index in [-0.39, 0.29) is 17.4 Å². The highest BCUT2D eigenvalue weighted by Gasteiger charge is 2.43. The monoisotopic (exact) mass is 498 g/mol. The van der Waals surface area contributed by atoms with Gasteiger partial charge in [-0.3, -0.25) is 15.1 Å². The molecule has 0 saturated heterocycles. The summed E-state index contributed by atoms with van der Waals surface area (Å²) in [5, 5.41) is 21.6. The van der Waals surface area contributed by atoms with Crippen LogP contribution in [0.3, 0.4) is 0 Å². The average Bonchev–Trinajstić information content (AvgIpc) is 2.90. The molecule has 1 aliphatic heterocycles. The molecule has 6 heteroatoms. The van der Waals surface area contributed by atoms with Crippen LogP contribution in [0.4, 0.5) is 5.69 Å². The number of carbonyl (C=O) groups excluding carboxylic acids is 1. The van der Waals surface area contributed by atoms with Crippen molar-refractivity contribution in [3.8, 4) is 5.75 Å². The molecule has 0 bridgehead atoms. The lowest BCUT2D eigenvalue weighted by molar-refractivity contribution is -0.116. The molecule has 182 valence electrons. The van der Waals surface area contributed by atoms with Crippen LogP contribution < -0.4 is 9.64 Å². The number of halogens is 1. The van der Waals surface area contributed by atoms with Crippen LogP contribution >= 0.6 is 11.6 Å². The van der Waals surface area contributed by atoms with E-state index >= 15 is 0 Å². The topological polar surface area (TPSA) is 73.6 Å². The van der Waals surface area contributed by atoms with E-state index < -0.39 is 5.92 Å². The molecule has 2 N–H and O–H groups in total. The van der Waals surface area contributed by atoms with Crippen LogP contribution in [0.15, 0.2) is 89.6 Å². The smallest absolute Gasteiger partial charge is 0.161 e. The average molecular weight is 499 g/mol. The largest absolute Gasteiger partial charge is 0.507 e. The number of Topliss-reactive ketones (excluding diaryl/α,β-unsaturated/α-hetero) is 1. The number of nitrogens with zero attached hydrogens (tertiary/aromatic N) is 1. The molecule has 0 spiro atoms. The summed E-state index contributed by atoms with van der Waals surface area (Å²) in [7, 11) is 1.60. The Hall–Kier alpha value is -3.83. The normalized spacial score (nSPS) is 19.3. The van der Waals surface area contributed by atoms with Gasteiger partial charge in [0.15, 0.2) is 5.78 Å². The van der Waals surface area contributed by atoms with Crippen molar-refractivity contribution in [2.75, 3.05) is 12.0 Å². The number of nitrogens with one attached hydrogen (secondary N) is 1. The van der Waals surface area contributed by atoms with E-state index in [0.717, 1.165) is 16.8 Å². The Morgan fingerprint density at radius 1 is 1.06 bits per heavy atom. The molecule has 1 aliphatic carbocycles. The van der Waals surface area contributed by atoms with E-state index in [0.29, 0.717) is 52.4 Å². The van der Waals surface area contributed by atoms with E-state index in [1.165, 1.54) is 0 Å². The first-order chi connectivity index (χ1) is 17.4. The highest BCUT2D eigenvalue weighted by atomic mass is 35.5. The molecule has 0 aromatic heterocycles. The molecular formula is C30H27ClN2O3. The molecule has 2 aliphatic rings. The van der Waals surface area contributed by atoms with E-state index in [1.807, 2.05) is 67.6 Å². The molecule has 3 aromatic rings. The zero-order chi connectivity index (χ0) is 25.4. The van der Waals surface area contributed by atoms with E-state index in [1.54, 1.807) is 24.1 Å². The quantitative estimate of drug-likeness (QED) is 0.372. The molecule has 0 fully saturated rings. The second kappa shape index (κ2) is 9.67. The second-order valence-electron chi connectivity index (χ2n) is 9.09. The van der Waals surface area contributed by atoms with Gasteiger partial charge < -0.3 is 9.84 Å². The van der Waals surface area contributed by atoms with Gasteiger partial charge in [-0.1, -0.05) is 60.1 Å². The molecule has 0 radical (unpaired) electrons. The third kappa shape index (κ3) is 4.10. The third-order valence-electron chi connectivity index (χ3n) is 6.92. The van der Waals surface area contributed by atoms with Gasteiger partial charge in [0.2, 0.25) is 0 Å². The minimum atomic E-state index is -0.580. The van der Waals surface area contributed by atoms with Gasteiger partial charge >= 0.3 is 0 Å². The predicted molar refractivity (Wildman–Crippen MR) is 144 cm³/mol. The van der Waals surface area contributed by atoms with Crippen molar-refractivity contribution in [3.05, 3.63) is 111 Å². The minimum absolute atomic E-state index is 0.0189. The SMILES string of the molecule is COc1ccc([C@@H]2C3=C(CCCC3=O)N(c3ccc(C)c(Cl)c3)C(=N)/C2=C(/O)c2ccccc2)cc1. The lowest BCUT2D eigenvalue weighted by Crippen LogP contribution is -2.42. The van der Waals surface area contributed by atoms with Crippen molar-refractivity contribution in [3.63, 3.8) is 0 Å². The van der Waals surface area contributed by atoms with Gasteiger partial charge in [-0.25, -0.2) is 0 Å². The number of ketones is 1. The van der Waals surface area contributed by atoms with Crippen LogP contribution in [-0.2, 0) is 4.79 Å². The number of hydrogen-bond acceptors (Lipinski definition) is 4. The first-order valence-corrected chi connectivity index (χ1v) is 12.3. The number of allylic oxidation sites excluding steroid dienone is 2. The van der Waals surface area contributed by atoms with Gasteiger partial charge in [0.1, 0.15) is 17.3 Å². The summed E-state index contributed by atoms with van der Waals surface area (Å²) in [5.41, 5.74) is 4.84. The number of carbonyl (C=O) groups is 1. The van der Waals surface area contributed by atoms with E-state index in [4.69, 9.17) is 16.3 Å². The van der Waals surface area contributed by atoms with Crippen molar-refractivity contribution >= 4 is 34.7 Å². The maximum atomic E-state index is 13.5. The second-order valence-corrected chi connectivity index (χ2v) is 9.50. The molecule has 36 heavy (non-hydrogen) atoms. The fourth-order valence-electron chi connectivity index (χ4n) is 5.08. The van der Waals surface area contributed by atoms with Crippen molar-refractivity contribution in [1.29, 1.82) is 5.41 Å². The zero-order valence-corrected chi connectivity index (χ0v) is 21.0. The van der Waals surface area contributed by atoms with E-state index in [9.17, 15) is 15.3 Å². The Bertz CT molecular complexity index is 1410. The first kappa shape index (κ1) is 23.9. The Labute approximate surface area is 215 Å². The molecule has 1 heterocycles. The zero-order valence-electron chi connectivity index (χ0n) is 20.2. The summed E-state index contributed by atoms with van der Waals surface area (Å²) in [6, 6.07) is 22.3. The van der Waals surface area contributed by atoms with Crippen LogP contribution in [0.5, 0.6) is 5.75 Å². The number of anilines is 1. The van der Waals surface area contributed by atoms with Gasteiger partial charge in [0.05, 0.1) is 7.11 Å². The number of benzene rings is 3. The third-order valence-corrected chi connectivity index (χ3v) is 7.33. The van der Waals surface area contributed by atoms with Gasteiger partial charge in [0.25, 0.3) is 0 Å². The van der Waals surface area contributed by atoms with Crippen molar-refractivity contribution in [2.45, 2.75) is 32.1 Å². The fourth-order valence-corrected chi connectivity index (χ4v) is 5.25. The maximum absolute atomic E-state index is 13.5. The number of methoxy groups -OCH3 is 1. The molecule has 3 aromatic carbocycles. The van der Waals surface area contributed by atoms with Crippen molar-refractivity contribution in [1.82, 2.24) is 0 Å². The molecule has 0 saturated carbocycles. The lowest BCUT2D eigenvalue weighted by atomic mass is 9.73. The Morgan fingerprint density at radius 2 is 1.78 bits per heavy atom. The van der Waals surface area contributed by atoms with Crippen LogP contribution in [0.2, 0.25) is 5.02 Å². The van der Waals surface area contributed by atoms with Gasteiger partial charge in [0, 0.05) is 45.5 Å². The summed E-state index contributed by atoms with van der Waals surface area (Å²) in [4.78, 5) is 15.3. The fraction of sp³-hybridized carbons (Fsp3) is 0.200. The van der Waals surface area contributed by atoms with Crippen molar-refractivity contribution in [2.24, 2.45) is 0 Å². The van der Waals surface area contributed by atoms with Crippen LogP contribution in [-0.4, -0.2) is 23.8 Å². The number of aliphatic hydroxyl groups excluding tert-OH is 1. The first-order valence-electron chi connectivity index (χ1n) is 11.9. The Morgan fingerprint density at radius 3 is 2.44 bits per heavy atom. The number of ether oxygens (including phenoxy) is 1. The van der Waals surface area contributed by atoms with Gasteiger partial charge in [-0.05, 0) is 55.2 Å². The van der Waals surface area contributed by atoms with Crippen LogP contribution in [0, 0.1) is 12.3 Å². The molecular weight excluding hydrogens is 472 g/mol. The van der Waals surface area contributed by atoms with Gasteiger partial charge in [-0.15, -0.1) is 0 Å². The molecule has 0 amide bonds. The number of rotatable bonds is 4. The molecule has 1 atom stereocenters.